The third kappa shape index (κ3) is 2.05. The van der Waals surface area contributed by atoms with Crippen LogP contribution in [0.2, 0.25) is 0 Å². The average molecular weight is 274 g/mol. The van der Waals surface area contributed by atoms with E-state index in [2.05, 4.69) is 64.9 Å². The second-order valence-corrected chi connectivity index (χ2v) is 5.35. The predicted molar refractivity (Wildman–Crippen MR) is 81.9 cm³/mol. The lowest BCUT2D eigenvalue weighted by Gasteiger charge is -2.11. The van der Waals surface area contributed by atoms with Gasteiger partial charge in [0.1, 0.15) is 6.33 Å². The van der Waals surface area contributed by atoms with Crippen LogP contribution in [0.25, 0.3) is 22.9 Å². The van der Waals surface area contributed by atoms with Crippen molar-refractivity contribution in [2.24, 2.45) is 0 Å². The maximum atomic E-state index is 4.00. The summed E-state index contributed by atoms with van der Waals surface area (Å²) in [5, 5.41) is 11.5. The zero-order valence-electron chi connectivity index (χ0n) is 11.7. The zero-order valence-corrected chi connectivity index (χ0v) is 11.7. The number of aromatic nitrogens is 4. The smallest absolute Gasteiger partial charge is 0.143 e. The standard InChI is InChI=1S/C17H14N4/c1-12-7-14-9-15(21-11-18-19-20-21)10-17(16(14)8-12)13-5-3-2-4-6-13/h2-6,8-11H,7H2,1H3. The lowest BCUT2D eigenvalue weighted by molar-refractivity contribution is 0.788. The minimum Gasteiger partial charge on any atom is -0.201 e. The van der Waals surface area contributed by atoms with Crippen molar-refractivity contribution in [3.63, 3.8) is 0 Å². The van der Waals surface area contributed by atoms with Crippen LogP contribution in [0.15, 0.2) is 54.4 Å². The monoisotopic (exact) mass is 274 g/mol. The van der Waals surface area contributed by atoms with Gasteiger partial charge in [0.25, 0.3) is 0 Å². The molecule has 4 rings (SSSR count). The second-order valence-electron chi connectivity index (χ2n) is 5.35. The highest BCUT2D eigenvalue weighted by Gasteiger charge is 2.17. The Bertz CT molecular complexity index is 818. The molecule has 1 heterocycles. The van der Waals surface area contributed by atoms with Crippen LogP contribution in [-0.4, -0.2) is 20.2 Å². The fourth-order valence-corrected chi connectivity index (χ4v) is 2.88. The van der Waals surface area contributed by atoms with Crippen molar-refractivity contribution in [2.45, 2.75) is 13.3 Å². The van der Waals surface area contributed by atoms with Crippen molar-refractivity contribution in [1.82, 2.24) is 20.2 Å². The number of nitrogens with zero attached hydrogens (tertiary/aromatic N) is 4. The summed E-state index contributed by atoms with van der Waals surface area (Å²) >= 11 is 0. The molecule has 0 unspecified atom stereocenters. The Morgan fingerprint density at radius 1 is 1.10 bits per heavy atom. The van der Waals surface area contributed by atoms with Crippen molar-refractivity contribution in [2.75, 3.05) is 0 Å². The largest absolute Gasteiger partial charge is 0.201 e. The summed E-state index contributed by atoms with van der Waals surface area (Å²) in [6.07, 6.45) is 4.90. The van der Waals surface area contributed by atoms with Gasteiger partial charge in [-0.2, -0.15) is 0 Å². The molecule has 0 N–H and O–H groups in total. The summed E-state index contributed by atoms with van der Waals surface area (Å²) in [6, 6.07) is 14.8. The first-order valence-electron chi connectivity index (χ1n) is 6.94. The van der Waals surface area contributed by atoms with E-state index in [1.54, 1.807) is 11.0 Å². The highest BCUT2D eigenvalue weighted by molar-refractivity contribution is 5.82. The van der Waals surface area contributed by atoms with Gasteiger partial charge in [-0.15, -0.1) is 5.10 Å². The third-order valence-corrected chi connectivity index (χ3v) is 3.81. The van der Waals surface area contributed by atoms with E-state index in [9.17, 15) is 0 Å². The lowest BCUT2D eigenvalue weighted by Crippen LogP contribution is -1.99. The number of rotatable bonds is 2. The van der Waals surface area contributed by atoms with E-state index in [0.29, 0.717) is 0 Å². The molecule has 102 valence electrons. The van der Waals surface area contributed by atoms with Crippen LogP contribution in [0.1, 0.15) is 18.1 Å². The maximum absolute atomic E-state index is 4.00. The molecule has 0 aliphatic heterocycles. The first-order valence-corrected chi connectivity index (χ1v) is 6.94. The van der Waals surface area contributed by atoms with Crippen LogP contribution in [0.4, 0.5) is 0 Å². The number of hydrogen-bond donors (Lipinski definition) is 0. The summed E-state index contributed by atoms with van der Waals surface area (Å²) < 4.78 is 1.71. The van der Waals surface area contributed by atoms with Crippen molar-refractivity contribution >= 4 is 6.08 Å². The van der Waals surface area contributed by atoms with E-state index in [0.717, 1.165) is 12.1 Å². The first kappa shape index (κ1) is 12.0. The van der Waals surface area contributed by atoms with E-state index in [-0.39, 0.29) is 0 Å². The summed E-state index contributed by atoms with van der Waals surface area (Å²) in [5.41, 5.74) is 7.48. The molecule has 21 heavy (non-hydrogen) atoms. The van der Waals surface area contributed by atoms with Gasteiger partial charge in [0.15, 0.2) is 0 Å². The normalized spacial score (nSPS) is 13.1. The maximum Gasteiger partial charge on any atom is 0.143 e. The molecular formula is C17H14N4. The van der Waals surface area contributed by atoms with Crippen molar-refractivity contribution in [3.05, 3.63) is 65.5 Å². The highest BCUT2D eigenvalue weighted by atomic mass is 15.5. The predicted octanol–water partition coefficient (Wildman–Crippen LogP) is 3.29. The Labute approximate surface area is 122 Å². The molecule has 1 aromatic heterocycles. The van der Waals surface area contributed by atoms with Crippen molar-refractivity contribution < 1.29 is 0 Å². The van der Waals surface area contributed by atoms with E-state index < -0.39 is 0 Å². The fraction of sp³-hybridized carbons (Fsp3) is 0.118. The minimum atomic E-state index is 0.991. The van der Waals surface area contributed by atoms with Crippen LogP contribution in [0.5, 0.6) is 0 Å². The number of benzene rings is 2. The van der Waals surface area contributed by atoms with Gasteiger partial charge < -0.3 is 0 Å². The Morgan fingerprint density at radius 3 is 2.71 bits per heavy atom. The molecule has 4 heteroatoms. The Balaban J connectivity index is 1.96. The molecule has 0 radical (unpaired) electrons. The molecule has 0 bridgehead atoms. The molecule has 4 nitrogen and oxygen atoms in total. The van der Waals surface area contributed by atoms with Gasteiger partial charge in [-0.05, 0) is 58.2 Å². The third-order valence-electron chi connectivity index (χ3n) is 3.81. The van der Waals surface area contributed by atoms with Gasteiger partial charge in [0, 0.05) is 0 Å². The van der Waals surface area contributed by atoms with Gasteiger partial charge in [-0.25, -0.2) is 4.68 Å². The van der Waals surface area contributed by atoms with E-state index in [1.165, 1.54) is 27.8 Å². The molecule has 0 spiro atoms. The fourth-order valence-electron chi connectivity index (χ4n) is 2.88. The Hall–Kier alpha value is -2.75. The van der Waals surface area contributed by atoms with Crippen LogP contribution in [0, 0.1) is 0 Å². The quantitative estimate of drug-likeness (QED) is 0.720. The molecule has 0 atom stereocenters. The molecule has 0 amide bonds. The number of allylic oxidation sites excluding steroid dienone is 1. The van der Waals surface area contributed by atoms with Crippen LogP contribution in [-0.2, 0) is 6.42 Å². The molecule has 2 aromatic carbocycles. The summed E-state index contributed by atoms with van der Waals surface area (Å²) in [7, 11) is 0. The number of hydrogen-bond acceptors (Lipinski definition) is 3. The minimum absolute atomic E-state index is 0.991. The van der Waals surface area contributed by atoms with Crippen LogP contribution in [0.3, 0.4) is 0 Å². The molecule has 0 saturated heterocycles. The molecule has 1 aliphatic rings. The topological polar surface area (TPSA) is 43.6 Å². The van der Waals surface area contributed by atoms with Gasteiger partial charge >= 0.3 is 0 Å². The average Bonchev–Trinajstić information content (AvgIpc) is 3.15. The van der Waals surface area contributed by atoms with E-state index in [4.69, 9.17) is 0 Å². The van der Waals surface area contributed by atoms with Crippen molar-refractivity contribution in [3.8, 4) is 16.8 Å². The molecular weight excluding hydrogens is 260 g/mol. The molecule has 0 saturated carbocycles. The second kappa shape index (κ2) is 4.66. The number of tetrazole rings is 1. The molecule has 3 aromatic rings. The zero-order chi connectivity index (χ0) is 14.2. The summed E-state index contributed by atoms with van der Waals surface area (Å²) in [5.74, 6) is 0. The first-order chi connectivity index (χ1) is 10.3. The molecule has 1 aliphatic carbocycles. The van der Waals surface area contributed by atoms with Gasteiger partial charge in [0.05, 0.1) is 5.69 Å². The molecule has 0 fully saturated rings. The van der Waals surface area contributed by atoms with E-state index in [1.807, 2.05) is 6.07 Å². The van der Waals surface area contributed by atoms with Gasteiger partial charge in [-0.1, -0.05) is 42.0 Å². The lowest BCUT2D eigenvalue weighted by atomic mass is 9.96. The van der Waals surface area contributed by atoms with E-state index >= 15 is 0 Å². The van der Waals surface area contributed by atoms with Gasteiger partial charge in [-0.3, -0.25) is 0 Å². The summed E-state index contributed by atoms with van der Waals surface area (Å²) in [4.78, 5) is 0. The summed E-state index contributed by atoms with van der Waals surface area (Å²) in [6.45, 7) is 2.17. The number of fused-ring (bicyclic) bond motifs is 1. The van der Waals surface area contributed by atoms with Crippen LogP contribution >= 0.6 is 0 Å². The van der Waals surface area contributed by atoms with Crippen molar-refractivity contribution in [1.29, 1.82) is 0 Å². The highest BCUT2D eigenvalue weighted by Crippen LogP contribution is 2.35. The van der Waals surface area contributed by atoms with Gasteiger partial charge in [0.2, 0.25) is 0 Å². The van der Waals surface area contributed by atoms with Crippen LogP contribution < -0.4 is 0 Å². The Kier molecular flexibility index (Phi) is 2.67. The SMILES string of the molecule is CC1=Cc2c(cc(-n3cnnn3)cc2-c2ccccc2)C1. The Morgan fingerprint density at radius 2 is 1.95 bits per heavy atom.